The molecule has 2 heterocycles. The Morgan fingerprint density at radius 2 is 1.66 bits per heavy atom. The number of nitrogens with zero attached hydrogens (tertiary/aromatic N) is 5. The summed E-state index contributed by atoms with van der Waals surface area (Å²) in [5.41, 5.74) is -0.636. The highest BCUT2D eigenvalue weighted by Gasteiger charge is 2.22. The number of benzene rings is 1. The van der Waals surface area contributed by atoms with E-state index in [-0.39, 0.29) is 16.1 Å². The number of aromatic nitrogens is 2. The van der Waals surface area contributed by atoms with E-state index in [1.807, 2.05) is 0 Å². The van der Waals surface area contributed by atoms with Gasteiger partial charge in [0.05, 0.1) is 6.61 Å². The van der Waals surface area contributed by atoms with E-state index in [4.69, 9.17) is 4.74 Å². The van der Waals surface area contributed by atoms with Gasteiger partial charge in [0.25, 0.3) is 5.56 Å². The van der Waals surface area contributed by atoms with Gasteiger partial charge in [-0.05, 0) is 18.6 Å². The van der Waals surface area contributed by atoms with Crippen molar-refractivity contribution in [2.75, 3.05) is 58.3 Å². The van der Waals surface area contributed by atoms with Gasteiger partial charge in [0.15, 0.2) is 0 Å². The molecule has 1 aliphatic rings. The third kappa shape index (κ3) is 5.05. The number of anilines is 1. The summed E-state index contributed by atoms with van der Waals surface area (Å²) in [5.74, 6) is 0.998. The van der Waals surface area contributed by atoms with Gasteiger partial charge in [-0.15, -0.1) is 0 Å². The molecule has 1 fully saturated rings. The summed E-state index contributed by atoms with van der Waals surface area (Å²) in [7, 11) is 2.58. The first-order valence-corrected chi connectivity index (χ1v) is 12.0. The molecule has 176 valence electrons. The van der Waals surface area contributed by atoms with Crippen molar-refractivity contribution < 1.29 is 13.2 Å². The zero-order chi connectivity index (χ0) is 23.5. The van der Waals surface area contributed by atoms with Crippen LogP contribution in [0.25, 0.3) is 0 Å². The van der Waals surface area contributed by atoms with Crippen molar-refractivity contribution in [1.29, 1.82) is 0 Å². The Morgan fingerprint density at radius 3 is 2.31 bits per heavy atom. The Bertz CT molecular complexity index is 1160. The van der Waals surface area contributed by atoms with Crippen LogP contribution in [0, 0.1) is 0 Å². The topological polar surface area (TPSA) is 97.1 Å². The molecule has 0 atom stereocenters. The second kappa shape index (κ2) is 9.88. The molecule has 32 heavy (non-hydrogen) atoms. The van der Waals surface area contributed by atoms with Gasteiger partial charge in [0, 0.05) is 67.0 Å². The van der Waals surface area contributed by atoms with Gasteiger partial charge in [-0.1, -0.05) is 12.1 Å². The van der Waals surface area contributed by atoms with Crippen LogP contribution in [0.2, 0.25) is 0 Å². The molecule has 0 bridgehead atoms. The Hall–Kier alpha value is -2.63. The van der Waals surface area contributed by atoms with Crippen molar-refractivity contribution >= 4 is 15.8 Å². The van der Waals surface area contributed by atoms with Crippen molar-refractivity contribution in [3.63, 3.8) is 0 Å². The lowest BCUT2D eigenvalue weighted by Crippen LogP contribution is -2.49. The summed E-state index contributed by atoms with van der Waals surface area (Å²) in [6, 6.07) is 8.16. The van der Waals surface area contributed by atoms with E-state index in [1.54, 1.807) is 31.3 Å². The molecule has 0 amide bonds. The van der Waals surface area contributed by atoms with Gasteiger partial charge in [-0.3, -0.25) is 18.8 Å². The molecule has 0 aliphatic carbocycles. The standard InChI is InChI=1S/C21H31N5O5S/c1-22(2)32(29,30)18-9-6-5-8-17(18)31-15-7-10-25-11-13-26(14-12-25)19-16-20(27)24(4)21(28)23(19)3/h5-6,8-9,16H,7,10-15H2,1-4H3. The Kier molecular flexibility index (Phi) is 7.42. The highest BCUT2D eigenvalue weighted by Crippen LogP contribution is 2.25. The summed E-state index contributed by atoms with van der Waals surface area (Å²) in [6.45, 7) is 4.25. The minimum absolute atomic E-state index is 0.165. The van der Waals surface area contributed by atoms with Crippen molar-refractivity contribution in [3.05, 3.63) is 51.2 Å². The zero-order valence-corrected chi connectivity index (χ0v) is 19.8. The quantitative estimate of drug-likeness (QED) is 0.503. The van der Waals surface area contributed by atoms with Crippen LogP contribution in [0.4, 0.5) is 5.82 Å². The summed E-state index contributed by atoms with van der Waals surface area (Å²) in [4.78, 5) is 28.7. The lowest BCUT2D eigenvalue weighted by Gasteiger charge is -2.36. The number of rotatable bonds is 8. The van der Waals surface area contributed by atoms with Gasteiger partial charge in [0.1, 0.15) is 16.5 Å². The summed E-state index contributed by atoms with van der Waals surface area (Å²) in [6.07, 6.45) is 0.751. The molecule has 0 spiro atoms. The van der Waals surface area contributed by atoms with Crippen LogP contribution in [0.5, 0.6) is 5.75 Å². The summed E-state index contributed by atoms with van der Waals surface area (Å²) >= 11 is 0. The Labute approximate surface area is 188 Å². The molecule has 10 nitrogen and oxygen atoms in total. The lowest BCUT2D eigenvalue weighted by molar-refractivity contribution is 0.222. The molecular formula is C21H31N5O5S. The predicted molar refractivity (Wildman–Crippen MR) is 123 cm³/mol. The van der Waals surface area contributed by atoms with Crippen molar-refractivity contribution in [2.45, 2.75) is 11.3 Å². The molecule has 1 aromatic carbocycles. The fourth-order valence-electron chi connectivity index (χ4n) is 3.67. The maximum absolute atomic E-state index is 12.5. The van der Waals surface area contributed by atoms with Gasteiger partial charge in [-0.2, -0.15) is 0 Å². The minimum atomic E-state index is -3.57. The van der Waals surface area contributed by atoms with Gasteiger partial charge < -0.3 is 9.64 Å². The first-order valence-electron chi connectivity index (χ1n) is 10.5. The van der Waals surface area contributed by atoms with Gasteiger partial charge >= 0.3 is 5.69 Å². The third-order valence-electron chi connectivity index (χ3n) is 5.68. The van der Waals surface area contributed by atoms with E-state index >= 15 is 0 Å². The number of sulfonamides is 1. The average Bonchev–Trinajstić information content (AvgIpc) is 2.78. The van der Waals surface area contributed by atoms with E-state index < -0.39 is 10.0 Å². The van der Waals surface area contributed by atoms with Crippen LogP contribution in [0.1, 0.15) is 6.42 Å². The molecule has 0 unspecified atom stereocenters. The molecule has 1 saturated heterocycles. The van der Waals surface area contributed by atoms with E-state index in [0.29, 0.717) is 31.3 Å². The molecule has 1 aromatic heterocycles. The minimum Gasteiger partial charge on any atom is -0.492 e. The predicted octanol–water partition coefficient (Wildman–Crippen LogP) is -0.0746. The smallest absolute Gasteiger partial charge is 0.332 e. The second-order valence-corrected chi connectivity index (χ2v) is 10.1. The largest absolute Gasteiger partial charge is 0.492 e. The molecule has 0 saturated carbocycles. The fraction of sp³-hybridized carbons (Fsp3) is 0.524. The molecular weight excluding hydrogens is 434 g/mol. The van der Waals surface area contributed by atoms with E-state index in [1.165, 1.54) is 36.1 Å². The number of piperazine rings is 1. The van der Waals surface area contributed by atoms with Crippen LogP contribution in [-0.2, 0) is 24.1 Å². The van der Waals surface area contributed by atoms with E-state index in [0.717, 1.165) is 30.6 Å². The summed E-state index contributed by atoms with van der Waals surface area (Å²) in [5, 5.41) is 0. The normalized spacial score (nSPS) is 15.3. The molecule has 2 aromatic rings. The maximum Gasteiger partial charge on any atom is 0.332 e. The van der Waals surface area contributed by atoms with Crippen LogP contribution in [-0.4, -0.2) is 80.2 Å². The number of ether oxygens (including phenoxy) is 1. The molecule has 0 N–H and O–H groups in total. The van der Waals surface area contributed by atoms with Crippen LogP contribution < -0.4 is 20.9 Å². The van der Waals surface area contributed by atoms with E-state index in [2.05, 4.69) is 9.80 Å². The first kappa shape index (κ1) is 24.0. The SMILES string of the molecule is CN(C)S(=O)(=O)c1ccccc1OCCCN1CCN(c2cc(=O)n(C)c(=O)n2C)CC1. The van der Waals surface area contributed by atoms with Gasteiger partial charge in [0.2, 0.25) is 10.0 Å². The fourth-order valence-corrected chi connectivity index (χ4v) is 4.70. The summed E-state index contributed by atoms with van der Waals surface area (Å²) < 4.78 is 34.5. The molecule has 3 rings (SSSR count). The number of para-hydroxylation sites is 1. The molecule has 1 aliphatic heterocycles. The number of hydrogen-bond donors (Lipinski definition) is 0. The van der Waals surface area contributed by atoms with E-state index in [9.17, 15) is 18.0 Å². The second-order valence-electron chi connectivity index (χ2n) is 8.01. The molecule has 0 radical (unpaired) electrons. The van der Waals surface area contributed by atoms with Crippen LogP contribution >= 0.6 is 0 Å². The Balaban J connectivity index is 1.51. The maximum atomic E-state index is 12.5. The zero-order valence-electron chi connectivity index (χ0n) is 19.0. The highest BCUT2D eigenvalue weighted by molar-refractivity contribution is 7.89. The van der Waals surface area contributed by atoms with Crippen molar-refractivity contribution in [3.8, 4) is 5.75 Å². The molecule has 11 heteroatoms. The van der Waals surface area contributed by atoms with Crippen LogP contribution in [0.15, 0.2) is 44.8 Å². The highest BCUT2D eigenvalue weighted by atomic mass is 32.2. The first-order chi connectivity index (χ1) is 15.1. The van der Waals surface area contributed by atoms with Crippen molar-refractivity contribution in [1.82, 2.24) is 18.3 Å². The average molecular weight is 466 g/mol. The lowest BCUT2D eigenvalue weighted by atomic mass is 10.3. The Morgan fingerprint density at radius 1 is 1.00 bits per heavy atom. The van der Waals surface area contributed by atoms with Gasteiger partial charge in [-0.25, -0.2) is 17.5 Å². The monoisotopic (exact) mass is 465 g/mol. The third-order valence-corrected chi connectivity index (χ3v) is 7.54. The number of hydrogen-bond acceptors (Lipinski definition) is 7. The van der Waals surface area contributed by atoms with Crippen LogP contribution in [0.3, 0.4) is 0 Å². The van der Waals surface area contributed by atoms with Crippen molar-refractivity contribution in [2.24, 2.45) is 14.1 Å².